The third-order valence-corrected chi connectivity index (χ3v) is 5.75. The van der Waals surface area contributed by atoms with Crippen molar-refractivity contribution in [3.8, 4) is 5.75 Å². The second kappa shape index (κ2) is 3.05. The summed E-state index contributed by atoms with van der Waals surface area (Å²) in [5.41, 5.74) is 2.18. The lowest BCUT2D eigenvalue weighted by Crippen LogP contribution is -2.37. The number of piperidine rings is 1. The van der Waals surface area contributed by atoms with Gasteiger partial charge in [0.25, 0.3) is 0 Å². The summed E-state index contributed by atoms with van der Waals surface area (Å²) >= 11 is 0. The van der Waals surface area contributed by atoms with Crippen LogP contribution >= 0.6 is 0 Å². The molecule has 0 spiro atoms. The van der Waals surface area contributed by atoms with E-state index in [1.165, 1.54) is 29.6 Å². The molecule has 2 saturated heterocycles. The minimum Gasteiger partial charge on any atom is -0.497 e. The van der Waals surface area contributed by atoms with Gasteiger partial charge < -0.3 is 9.22 Å². The van der Waals surface area contributed by atoms with E-state index < -0.39 is 0 Å². The first-order chi connectivity index (χ1) is 7.95. The predicted octanol–water partition coefficient (Wildman–Crippen LogP) is 2.58. The van der Waals surface area contributed by atoms with E-state index in [-0.39, 0.29) is 0 Å². The summed E-state index contributed by atoms with van der Waals surface area (Å²) in [4.78, 5) is 0. The molecular weight excluding hydrogens is 210 g/mol. The summed E-state index contributed by atoms with van der Waals surface area (Å²) < 4.78 is 6.61. The average Bonchev–Trinajstić information content (AvgIpc) is 2.84. The first-order valence-corrected chi connectivity index (χ1v) is 6.44. The van der Waals surface area contributed by atoms with Crippen molar-refractivity contribution in [3.63, 3.8) is 0 Å². The molecule has 3 rings (SSSR count). The summed E-state index contributed by atoms with van der Waals surface area (Å²) in [7, 11) is 4.14. The molecule has 2 heterocycles. The highest BCUT2D eigenvalue weighted by Gasteiger charge is 2.76. The maximum atomic E-state index is 5.36. The van der Waals surface area contributed by atoms with Gasteiger partial charge in [0.05, 0.1) is 26.1 Å². The lowest BCUT2D eigenvalue weighted by Gasteiger charge is -2.28. The Bertz CT molecular complexity index is 468. The van der Waals surface area contributed by atoms with Crippen LogP contribution in [0.1, 0.15) is 25.8 Å². The molecule has 0 N–H and O–H groups in total. The number of quaternary nitrogens is 1. The molecule has 0 radical (unpaired) electrons. The standard InChI is InChI=1S/C15H22NO/c1-14(8-9-16(3)11-15(14,16)2)12-6-5-7-13(10-12)17-4/h5-7,10H,8-9,11H2,1-4H3/q+1. The average molecular weight is 232 g/mol. The smallest absolute Gasteiger partial charge is 0.155 e. The van der Waals surface area contributed by atoms with Crippen LogP contribution in [0.25, 0.3) is 0 Å². The van der Waals surface area contributed by atoms with Crippen molar-refractivity contribution >= 4 is 0 Å². The zero-order valence-corrected chi connectivity index (χ0v) is 11.3. The van der Waals surface area contributed by atoms with E-state index in [1.807, 2.05) is 6.07 Å². The Balaban J connectivity index is 2.04. The van der Waals surface area contributed by atoms with Crippen LogP contribution in [-0.2, 0) is 5.41 Å². The molecule has 2 aliphatic rings. The Morgan fingerprint density at radius 3 is 2.59 bits per heavy atom. The molecular formula is C15H22NO+. The van der Waals surface area contributed by atoms with Crippen LogP contribution < -0.4 is 4.74 Å². The van der Waals surface area contributed by atoms with Gasteiger partial charge in [-0.15, -0.1) is 0 Å². The first kappa shape index (κ1) is 11.1. The fourth-order valence-corrected chi connectivity index (χ4v) is 3.90. The van der Waals surface area contributed by atoms with E-state index in [2.05, 4.69) is 39.1 Å². The lowest BCUT2D eigenvalue weighted by atomic mass is 9.71. The SMILES string of the molecule is COc1cccc(C2(C)CC[N+]3(C)CC23C)c1. The molecule has 0 saturated carbocycles. The van der Waals surface area contributed by atoms with Gasteiger partial charge in [0.1, 0.15) is 12.3 Å². The Morgan fingerprint density at radius 2 is 2.06 bits per heavy atom. The monoisotopic (exact) mass is 232 g/mol. The molecule has 17 heavy (non-hydrogen) atoms. The number of benzene rings is 1. The topological polar surface area (TPSA) is 9.23 Å². The third kappa shape index (κ3) is 1.19. The van der Waals surface area contributed by atoms with E-state index in [1.54, 1.807) is 7.11 Å². The number of ether oxygens (including phenoxy) is 1. The number of methoxy groups -OCH3 is 1. The zero-order valence-electron chi connectivity index (χ0n) is 11.3. The second-order valence-electron chi connectivity index (χ2n) is 6.37. The molecule has 3 atom stereocenters. The summed E-state index contributed by atoms with van der Waals surface area (Å²) in [5.74, 6) is 0.981. The van der Waals surface area contributed by atoms with Crippen molar-refractivity contribution < 1.29 is 9.22 Å². The highest BCUT2D eigenvalue weighted by Crippen LogP contribution is 2.61. The number of nitrogens with zero attached hydrogens (tertiary/aromatic N) is 1. The molecule has 0 bridgehead atoms. The maximum absolute atomic E-state index is 5.36. The minimum absolute atomic E-state index is 0.302. The normalized spacial score (nSPS) is 43.3. The fourth-order valence-electron chi connectivity index (χ4n) is 3.90. The van der Waals surface area contributed by atoms with E-state index in [0.29, 0.717) is 11.0 Å². The molecule has 2 nitrogen and oxygen atoms in total. The molecule has 2 heteroatoms. The van der Waals surface area contributed by atoms with Gasteiger partial charge in [-0.25, -0.2) is 0 Å². The van der Waals surface area contributed by atoms with Crippen molar-refractivity contribution in [2.75, 3.05) is 27.2 Å². The second-order valence-corrected chi connectivity index (χ2v) is 6.37. The maximum Gasteiger partial charge on any atom is 0.155 e. The van der Waals surface area contributed by atoms with Crippen LogP contribution in [0.2, 0.25) is 0 Å². The van der Waals surface area contributed by atoms with Crippen LogP contribution in [0.5, 0.6) is 5.75 Å². The lowest BCUT2D eigenvalue weighted by molar-refractivity contribution is -0.796. The highest BCUT2D eigenvalue weighted by atomic mass is 16.5. The van der Waals surface area contributed by atoms with Gasteiger partial charge in [-0.2, -0.15) is 0 Å². The van der Waals surface area contributed by atoms with Gasteiger partial charge >= 0.3 is 0 Å². The first-order valence-electron chi connectivity index (χ1n) is 6.44. The highest BCUT2D eigenvalue weighted by molar-refractivity contribution is 5.38. The summed E-state index contributed by atoms with van der Waals surface area (Å²) in [6.07, 6.45) is 1.28. The van der Waals surface area contributed by atoms with Crippen LogP contribution in [0.3, 0.4) is 0 Å². The molecule has 0 aromatic heterocycles. The van der Waals surface area contributed by atoms with Crippen LogP contribution in [0.4, 0.5) is 0 Å². The number of fused-ring (bicyclic) bond motifs is 1. The Morgan fingerprint density at radius 1 is 1.29 bits per heavy atom. The number of hydrogen-bond acceptors (Lipinski definition) is 1. The van der Waals surface area contributed by atoms with Crippen molar-refractivity contribution in [1.29, 1.82) is 0 Å². The molecule has 0 amide bonds. The molecule has 2 aliphatic heterocycles. The van der Waals surface area contributed by atoms with Crippen molar-refractivity contribution in [2.45, 2.75) is 31.2 Å². The molecule has 1 aromatic rings. The quantitative estimate of drug-likeness (QED) is 0.562. The van der Waals surface area contributed by atoms with Gasteiger partial charge in [-0.3, -0.25) is 0 Å². The molecule has 0 aliphatic carbocycles. The van der Waals surface area contributed by atoms with E-state index in [4.69, 9.17) is 4.74 Å². The van der Waals surface area contributed by atoms with Gasteiger partial charge in [0, 0.05) is 6.42 Å². The fraction of sp³-hybridized carbons (Fsp3) is 0.600. The van der Waals surface area contributed by atoms with Crippen LogP contribution in [0, 0.1) is 0 Å². The van der Waals surface area contributed by atoms with Gasteiger partial charge in [-0.05, 0) is 31.5 Å². The van der Waals surface area contributed by atoms with Gasteiger partial charge in [0.2, 0.25) is 0 Å². The Kier molecular flexibility index (Phi) is 1.99. The predicted molar refractivity (Wildman–Crippen MR) is 69.3 cm³/mol. The van der Waals surface area contributed by atoms with E-state index in [0.717, 1.165) is 5.75 Å². The van der Waals surface area contributed by atoms with Crippen molar-refractivity contribution in [3.05, 3.63) is 29.8 Å². The molecule has 3 unspecified atom stereocenters. The molecule has 2 fully saturated rings. The summed E-state index contributed by atoms with van der Waals surface area (Å²) in [5, 5.41) is 0. The summed E-state index contributed by atoms with van der Waals surface area (Å²) in [6.45, 7) is 7.50. The van der Waals surface area contributed by atoms with Crippen molar-refractivity contribution in [2.24, 2.45) is 0 Å². The van der Waals surface area contributed by atoms with E-state index >= 15 is 0 Å². The third-order valence-electron chi connectivity index (χ3n) is 5.75. The minimum atomic E-state index is 0.302. The largest absolute Gasteiger partial charge is 0.497 e. The van der Waals surface area contributed by atoms with Crippen molar-refractivity contribution in [1.82, 2.24) is 0 Å². The summed E-state index contributed by atoms with van der Waals surface area (Å²) in [6, 6.07) is 8.64. The number of hydrogen-bond donors (Lipinski definition) is 0. The zero-order chi connectivity index (χ0) is 12.3. The van der Waals surface area contributed by atoms with Gasteiger partial charge in [-0.1, -0.05) is 12.1 Å². The van der Waals surface area contributed by atoms with E-state index in [9.17, 15) is 0 Å². The Labute approximate surface area is 104 Å². The van der Waals surface area contributed by atoms with Gasteiger partial charge in [0.15, 0.2) is 5.54 Å². The number of likely N-dealkylation sites (N-methyl/N-ethyl adjacent to an activating group) is 1. The van der Waals surface area contributed by atoms with Crippen LogP contribution in [0.15, 0.2) is 24.3 Å². The Hall–Kier alpha value is -1.02. The molecule has 1 aromatic carbocycles. The number of rotatable bonds is 2. The van der Waals surface area contributed by atoms with Crippen LogP contribution in [-0.4, -0.2) is 37.3 Å². The molecule has 92 valence electrons.